The third-order valence-corrected chi connectivity index (χ3v) is 6.16. The van der Waals surface area contributed by atoms with E-state index in [4.69, 9.17) is 4.74 Å². The van der Waals surface area contributed by atoms with E-state index in [-0.39, 0.29) is 17.5 Å². The average Bonchev–Trinajstić information content (AvgIpc) is 2.84. The van der Waals surface area contributed by atoms with Crippen molar-refractivity contribution in [3.63, 3.8) is 0 Å². The monoisotopic (exact) mass is 302 g/mol. The maximum Gasteiger partial charge on any atom is 0.174 e. The van der Waals surface area contributed by atoms with Gasteiger partial charge in [0.15, 0.2) is 23.4 Å². The Morgan fingerprint density at radius 3 is 2.91 bits per heavy atom. The van der Waals surface area contributed by atoms with Gasteiger partial charge in [-0.1, -0.05) is 26.3 Å². The molecule has 1 fully saturated rings. The number of Topliss-reactive ketones (excluding diaryl/α,β-unsaturated/α-hetero) is 1. The second-order valence-electron chi connectivity index (χ2n) is 7.16. The van der Waals surface area contributed by atoms with Gasteiger partial charge in [0.2, 0.25) is 0 Å². The lowest BCUT2D eigenvalue weighted by Gasteiger charge is -2.56. The summed E-state index contributed by atoms with van der Waals surface area (Å²) in [5, 5.41) is 21.8. The van der Waals surface area contributed by atoms with Crippen LogP contribution in [0, 0.1) is 5.92 Å². The highest BCUT2D eigenvalue weighted by molar-refractivity contribution is 5.89. The molecule has 0 aromatic heterocycles. The summed E-state index contributed by atoms with van der Waals surface area (Å²) in [6.07, 6.45) is 2.50. The summed E-state index contributed by atoms with van der Waals surface area (Å²) in [5.41, 5.74) is 0.370. The molecule has 1 aliphatic heterocycles. The fraction of sp³-hybridized carbons (Fsp3) is 0.611. The van der Waals surface area contributed by atoms with Crippen molar-refractivity contribution in [3.8, 4) is 11.5 Å². The van der Waals surface area contributed by atoms with Crippen molar-refractivity contribution in [2.45, 2.75) is 63.1 Å². The molecule has 4 atom stereocenters. The van der Waals surface area contributed by atoms with Crippen LogP contribution in [0.3, 0.4) is 0 Å². The Labute approximate surface area is 130 Å². The Balaban J connectivity index is 2.07. The molecule has 22 heavy (non-hydrogen) atoms. The lowest BCUT2D eigenvalue weighted by Crippen LogP contribution is -2.67. The topological polar surface area (TPSA) is 66.8 Å². The third-order valence-electron chi connectivity index (χ3n) is 6.16. The zero-order valence-electron chi connectivity index (χ0n) is 13.1. The number of aliphatic hydroxyl groups is 1. The van der Waals surface area contributed by atoms with Gasteiger partial charge in [-0.2, -0.15) is 0 Å². The molecule has 2 N–H and O–H groups in total. The molecule has 0 radical (unpaired) electrons. The van der Waals surface area contributed by atoms with Gasteiger partial charge in [0.25, 0.3) is 0 Å². The van der Waals surface area contributed by atoms with Gasteiger partial charge in [-0.25, -0.2) is 0 Å². The van der Waals surface area contributed by atoms with Gasteiger partial charge in [-0.3, -0.25) is 4.79 Å². The Kier molecular flexibility index (Phi) is 2.72. The fourth-order valence-electron chi connectivity index (χ4n) is 5.24. The molecule has 0 bridgehead atoms. The molecule has 0 saturated heterocycles. The number of ketones is 1. The molecule has 1 heterocycles. The third kappa shape index (κ3) is 1.35. The summed E-state index contributed by atoms with van der Waals surface area (Å²) < 4.78 is 5.96. The molecule has 3 aliphatic rings. The highest BCUT2D eigenvalue weighted by Gasteiger charge is 2.69. The summed E-state index contributed by atoms with van der Waals surface area (Å²) in [6, 6.07) is 3.57. The van der Waals surface area contributed by atoms with Crippen molar-refractivity contribution >= 4 is 5.78 Å². The van der Waals surface area contributed by atoms with E-state index >= 15 is 0 Å². The molecule has 118 valence electrons. The zero-order valence-corrected chi connectivity index (χ0v) is 13.1. The van der Waals surface area contributed by atoms with Gasteiger partial charge in [-0.15, -0.1) is 0 Å². The van der Waals surface area contributed by atoms with E-state index in [1.165, 1.54) is 0 Å². The smallest absolute Gasteiger partial charge is 0.174 e. The van der Waals surface area contributed by atoms with E-state index in [2.05, 4.69) is 13.8 Å². The number of rotatable bonds is 2. The molecule has 4 rings (SSSR count). The quantitative estimate of drug-likeness (QED) is 0.881. The molecule has 0 unspecified atom stereocenters. The lowest BCUT2D eigenvalue weighted by molar-refractivity contribution is -0.164. The van der Waals surface area contributed by atoms with Crippen LogP contribution in [0.4, 0.5) is 0 Å². The SMILES string of the molecule is CCC[C@]12c3c4ccc(O)c3O[C@H]1C(=O)CC[C@@]2(O)[C@H](C)C4. The Morgan fingerprint density at radius 1 is 1.41 bits per heavy atom. The number of carbonyl (C=O) groups is 1. The molecule has 4 nitrogen and oxygen atoms in total. The minimum Gasteiger partial charge on any atom is -0.504 e. The number of aromatic hydroxyl groups is 1. The Bertz CT molecular complexity index is 667. The highest BCUT2D eigenvalue weighted by Crippen LogP contribution is 2.64. The first-order chi connectivity index (χ1) is 10.5. The minimum atomic E-state index is -0.937. The van der Waals surface area contributed by atoms with Gasteiger partial charge >= 0.3 is 0 Å². The average molecular weight is 302 g/mol. The number of phenols is 1. The molecule has 2 aliphatic carbocycles. The summed E-state index contributed by atoms with van der Waals surface area (Å²) in [6.45, 7) is 4.14. The number of carbonyl (C=O) groups excluding carboxylic acids is 1. The van der Waals surface area contributed by atoms with Gasteiger partial charge in [0, 0.05) is 12.0 Å². The minimum absolute atomic E-state index is 0.0498. The van der Waals surface area contributed by atoms with Gasteiger partial charge in [-0.05, 0) is 36.8 Å². The van der Waals surface area contributed by atoms with E-state index in [0.29, 0.717) is 25.0 Å². The van der Waals surface area contributed by atoms with Crippen LogP contribution in [-0.4, -0.2) is 27.7 Å². The highest BCUT2D eigenvalue weighted by atomic mass is 16.5. The predicted octanol–water partition coefficient (Wildman–Crippen LogP) is 2.48. The van der Waals surface area contributed by atoms with Crippen molar-refractivity contribution in [1.29, 1.82) is 0 Å². The van der Waals surface area contributed by atoms with Crippen LogP contribution in [0.2, 0.25) is 0 Å². The molecule has 4 heteroatoms. The number of benzene rings is 1. The molecule has 0 spiro atoms. The second kappa shape index (κ2) is 4.25. The summed E-state index contributed by atoms with van der Waals surface area (Å²) in [5.74, 6) is 0.625. The van der Waals surface area contributed by atoms with Crippen LogP contribution < -0.4 is 4.74 Å². The van der Waals surface area contributed by atoms with Gasteiger partial charge in [0.1, 0.15) is 0 Å². The molecule has 1 aromatic carbocycles. The van der Waals surface area contributed by atoms with E-state index < -0.39 is 17.1 Å². The molecule has 0 amide bonds. The van der Waals surface area contributed by atoms with Crippen molar-refractivity contribution in [3.05, 3.63) is 23.3 Å². The first kappa shape index (κ1) is 14.1. The van der Waals surface area contributed by atoms with Gasteiger partial charge < -0.3 is 14.9 Å². The van der Waals surface area contributed by atoms with Crippen molar-refractivity contribution in [2.75, 3.05) is 0 Å². The normalized spacial score (nSPS) is 38.6. The van der Waals surface area contributed by atoms with Crippen LogP contribution in [0.25, 0.3) is 0 Å². The molecule has 1 aromatic rings. The summed E-state index contributed by atoms with van der Waals surface area (Å²) >= 11 is 0. The first-order valence-corrected chi connectivity index (χ1v) is 8.22. The Hall–Kier alpha value is -1.55. The molecular formula is C18H22O4. The number of ether oxygens (including phenoxy) is 1. The zero-order chi connectivity index (χ0) is 15.7. The van der Waals surface area contributed by atoms with Crippen LogP contribution in [0.15, 0.2) is 12.1 Å². The Morgan fingerprint density at radius 2 is 2.18 bits per heavy atom. The fourth-order valence-corrected chi connectivity index (χ4v) is 5.24. The largest absolute Gasteiger partial charge is 0.504 e. The number of hydrogen-bond donors (Lipinski definition) is 2. The van der Waals surface area contributed by atoms with E-state index in [1.54, 1.807) is 6.07 Å². The van der Waals surface area contributed by atoms with Crippen LogP contribution >= 0.6 is 0 Å². The van der Waals surface area contributed by atoms with E-state index in [9.17, 15) is 15.0 Å². The standard InChI is InChI=1S/C18H22O4/c1-3-7-17-14-11-4-5-12(19)15(14)22-16(17)13(20)6-8-18(17,21)10(2)9-11/h4-5,10,16,19,21H,3,6-9H2,1-2H3/t10-,16+,17+,18-/m1/s1. The summed E-state index contributed by atoms with van der Waals surface area (Å²) in [4.78, 5) is 12.5. The lowest BCUT2D eigenvalue weighted by atomic mass is 9.49. The van der Waals surface area contributed by atoms with Crippen molar-refractivity contribution in [2.24, 2.45) is 5.92 Å². The van der Waals surface area contributed by atoms with E-state index in [1.807, 2.05) is 6.07 Å². The van der Waals surface area contributed by atoms with Crippen molar-refractivity contribution in [1.82, 2.24) is 0 Å². The summed E-state index contributed by atoms with van der Waals surface area (Å²) in [7, 11) is 0. The van der Waals surface area contributed by atoms with Crippen LogP contribution in [0.1, 0.15) is 50.7 Å². The maximum atomic E-state index is 12.5. The van der Waals surface area contributed by atoms with Crippen LogP contribution in [0.5, 0.6) is 11.5 Å². The number of phenolic OH excluding ortho intramolecular Hbond substituents is 1. The van der Waals surface area contributed by atoms with Crippen molar-refractivity contribution < 1.29 is 19.7 Å². The maximum absolute atomic E-state index is 12.5. The predicted molar refractivity (Wildman–Crippen MR) is 81.2 cm³/mol. The molecule has 1 saturated carbocycles. The number of hydrogen-bond acceptors (Lipinski definition) is 4. The second-order valence-corrected chi connectivity index (χ2v) is 7.16. The van der Waals surface area contributed by atoms with E-state index in [0.717, 1.165) is 24.0 Å². The van der Waals surface area contributed by atoms with Gasteiger partial charge in [0.05, 0.1) is 11.0 Å². The molecular weight excluding hydrogens is 280 g/mol. The van der Waals surface area contributed by atoms with Crippen LogP contribution in [-0.2, 0) is 16.6 Å². The first-order valence-electron chi connectivity index (χ1n) is 8.22.